The molecule has 2 aromatic carbocycles. The van der Waals surface area contributed by atoms with Crippen LogP contribution in [0.15, 0.2) is 47.3 Å². The Bertz CT molecular complexity index is 1010. The Morgan fingerprint density at radius 2 is 1.92 bits per heavy atom. The SMILES string of the molecule is Cc1cccc2cc(CCNC(=O)c3ccc(F)c(F)c3)c(=O)[nH]c12. The number of aryl methyl sites for hydroxylation is 1. The fourth-order valence-corrected chi connectivity index (χ4v) is 2.66. The first-order valence-electron chi connectivity index (χ1n) is 7.80. The number of carbonyl (C=O) groups excluding carboxylic acids is 1. The Hall–Kier alpha value is -3.02. The van der Waals surface area contributed by atoms with Crippen LogP contribution in [-0.4, -0.2) is 17.4 Å². The highest BCUT2D eigenvalue weighted by Crippen LogP contribution is 2.15. The fourth-order valence-electron chi connectivity index (χ4n) is 2.66. The number of halogens is 2. The molecule has 0 aliphatic heterocycles. The van der Waals surface area contributed by atoms with Crippen LogP contribution in [0.25, 0.3) is 10.9 Å². The van der Waals surface area contributed by atoms with E-state index in [1.165, 1.54) is 6.07 Å². The molecule has 1 heterocycles. The van der Waals surface area contributed by atoms with Crippen molar-refractivity contribution in [2.45, 2.75) is 13.3 Å². The fraction of sp³-hybridized carbons (Fsp3) is 0.158. The van der Waals surface area contributed by atoms with Crippen LogP contribution >= 0.6 is 0 Å². The van der Waals surface area contributed by atoms with Gasteiger partial charge in [0.2, 0.25) is 0 Å². The van der Waals surface area contributed by atoms with Gasteiger partial charge >= 0.3 is 0 Å². The van der Waals surface area contributed by atoms with E-state index in [0.717, 1.165) is 28.6 Å². The zero-order valence-electron chi connectivity index (χ0n) is 13.5. The van der Waals surface area contributed by atoms with Gasteiger partial charge in [-0.1, -0.05) is 18.2 Å². The van der Waals surface area contributed by atoms with Crippen LogP contribution in [0, 0.1) is 18.6 Å². The second kappa shape index (κ2) is 6.84. The molecule has 25 heavy (non-hydrogen) atoms. The van der Waals surface area contributed by atoms with E-state index in [1.54, 1.807) is 6.07 Å². The molecular formula is C19H16F2N2O2. The van der Waals surface area contributed by atoms with Crippen LogP contribution in [0.5, 0.6) is 0 Å². The number of pyridine rings is 1. The van der Waals surface area contributed by atoms with Crippen molar-refractivity contribution in [2.24, 2.45) is 0 Å². The largest absolute Gasteiger partial charge is 0.352 e. The van der Waals surface area contributed by atoms with Crippen molar-refractivity contribution >= 4 is 16.8 Å². The molecular weight excluding hydrogens is 326 g/mol. The van der Waals surface area contributed by atoms with Crippen molar-refractivity contribution in [3.05, 3.63) is 81.1 Å². The smallest absolute Gasteiger partial charge is 0.251 e. The second-order valence-corrected chi connectivity index (χ2v) is 5.80. The van der Waals surface area contributed by atoms with E-state index in [9.17, 15) is 18.4 Å². The molecule has 0 radical (unpaired) electrons. The molecule has 0 unspecified atom stereocenters. The highest BCUT2D eigenvalue weighted by molar-refractivity contribution is 5.94. The van der Waals surface area contributed by atoms with Gasteiger partial charge in [0.1, 0.15) is 0 Å². The average Bonchev–Trinajstić information content (AvgIpc) is 2.58. The van der Waals surface area contributed by atoms with E-state index in [0.29, 0.717) is 12.0 Å². The van der Waals surface area contributed by atoms with Gasteiger partial charge in [0.05, 0.1) is 5.52 Å². The maximum Gasteiger partial charge on any atom is 0.251 e. The molecule has 0 saturated heterocycles. The van der Waals surface area contributed by atoms with Gasteiger partial charge in [0.15, 0.2) is 11.6 Å². The maximum absolute atomic E-state index is 13.2. The molecule has 0 bridgehead atoms. The van der Waals surface area contributed by atoms with Gasteiger partial charge in [-0.15, -0.1) is 0 Å². The van der Waals surface area contributed by atoms with E-state index >= 15 is 0 Å². The average molecular weight is 342 g/mol. The lowest BCUT2D eigenvalue weighted by Crippen LogP contribution is -2.27. The summed E-state index contributed by atoms with van der Waals surface area (Å²) in [5.74, 6) is -2.60. The van der Waals surface area contributed by atoms with Crippen LogP contribution in [-0.2, 0) is 6.42 Å². The van der Waals surface area contributed by atoms with Gasteiger partial charge in [-0.05, 0) is 48.6 Å². The molecule has 128 valence electrons. The Balaban J connectivity index is 1.70. The summed E-state index contributed by atoms with van der Waals surface area (Å²) in [7, 11) is 0. The summed E-state index contributed by atoms with van der Waals surface area (Å²) in [6.45, 7) is 2.12. The van der Waals surface area contributed by atoms with E-state index in [-0.39, 0.29) is 17.7 Å². The number of aromatic nitrogens is 1. The first-order chi connectivity index (χ1) is 12.0. The number of hydrogen-bond acceptors (Lipinski definition) is 2. The number of nitrogens with one attached hydrogen (secondary N) is 2. The van der Waals surface area contributed by atoms with Crippen LogP contribution < -0.4 is 10.9 Å². The van der Waals surface area contributed by atoms with Gasteiger partial charge in [-0.2, -0.15) is 0 Å². The third-order valence-electron chi connectivity index (χ3n) is 4.03. The molecule has 3 aromatic rings. The zero-order valence-corrected chi connectivity index (χ0v) is 13.5. The molecule has 0 saturated carbocycles. The molecule has 1 aromatic heterocycles. The van der Waals surface area contributed by atoms with Gasteiger partial charge < -0.3 is 10.3 Å². The third-order valence-corrected chi connectivity index (χ3v) is 4.03. The molecule has 0 aliphatic carbocycles. The predicted octanol–water partition coefficient (Wildman–Crippen LogP) is 3.09. The van der Waals surface area contributed by atoms with Crippen LogP contribution in [0.4, 0.5) is 8.78 Å². The number of rotatable bonds is 4. The highest BCUT2D eigenvalue weighted by atomic mass is 19.2. The Kier molecular flexibility index (Phi) is 4.61. The second-order valence-electron chi connectivity index (χ2n) is 5.80. The molecule has 4 nitrogen and oxygen atoms in total. The number of para-hydroxylation sites is 1. The lowest BCUT2D eigenvalue weighted by Gasteiger charge is -2.07. The van der Waals surface area contributed by atoms with Gasteiger partial charge in [-0.25, -0.2) is 8.78 Å². The quantitative estimate of drug-likeness (QED) is 0.765. The van der Waals surface area contributed by atoms with Crippen molar-refractivity contribution in [3.63, 3.8) is 0 Å². The summed E-state index contributed by atoms with van der Waals surface area (Å²) in [6, 6.07) is 10.5. The number of carbonyl (C=O) groups is 1. The maximum atomic E-state index is 13.2. The minimum atomic E-state index is -1.08. The normalized spacial score (nSPS) is 10.8. The van der Waals surface area contributed by atoms with Crippen molar-refractivity contribution in [1.82, 2.24) is 10.3 Å². The van der Waals surface area contributed by atoms with Crippen molar-refractivity contribution in [2.75, 3.05) is 6.54 Å². The van der Waals surface area contributed by atoms with Gasteiger partial charge in [0, 0.05) is 17.7 Å². The van der Waals surface area contributed by atoms with E-state index in [1.807, 2.05) is 25.1 Å². The summed E-state index contributed by atoms with van der Waals surface area (Å²) < 4.78 is 26.1. The first kappa shape index (κ1) is 16.8. The summed E-state index contributed by atoms with van der Waals surface area (Å²) in [6.07, 6.45) is 0.328. The number of H-pyrrole nitrogens is 1. The lowest BCUT2D eigenvalue weighted by atomic mass is 10.1. The summed E-state index contributed by atoms with van der Waals surface area (Å²) >= 11 is 0. The monoisotopic (exact) mass is 342 g/mol. The Labute approximate surface area is 142 Å². The summed E-state index contributed by atoms with van der Waals surface area (Å²) in [5, 5.41) is 3.52. The minimum absolute atomic E-state index is 0.0296. The molecule has 6 heteroatoms. The number of fused-ring (bicyclic) bond motifs is 1. The molecule has 1 amide bonds. The van der Waals surface area contributed by atoms with Crippen molar-refractivity contribution in [3.8, 4) is 0 Å². The number of aromatic amines is 1. The van der Waals surface area contributed by atoms with Crippen molar-refractivity contribution < 1.29 is 13.6 Å². The Morgan fingerprint density at radius 3 is 2.68 bits per heavy atom. The van der Waals surface area contributed by atoms with Crippen LogP contribution in [0.2, 0.25) is 0 Å². The third kappa shape index (κ3) is 3.57. The topological polar surface area (TPSA) is 62.0 Å². The summed E-state index contributed by atoms with van der Waals surface area (Å²) in [4.78, 5) is 27.0. The van der Waals surface area contributed by atoms with E-state index in [4.69, 9.17) is 0 Å². The number of hydrogen-bond donors (Lipinski definition) is 2. The van der Waals surface area contributed by atoms with Crippen molar-refractivity contribution in [1.29, 1.82) is 0 Å². The first-order valence-corrected chi connectivity index (χ1v) is 7.80. The van der Waals surface area contributed by atoms with Crippen LogP contribution in [0.3, 0.4) is 0 Å². The number of amides is 1. The Morgan fingerprint density at radius 1 is 1.12 bits per heavy atom. The predicted molar refractivity (Wildman–Crippen MR) is 91.7 cm³/mol. The zero-order chi connectivity index (χ0) is 18.0. The molecule has 0 atom stereocenters. The van der Waals surface area contributed by atoms with E-state index < -0.39 is 17.5 Å². The molecule has 0 aliphatic rings. The lowest BCUT2D eigenvalue weighted by molar-refractivity contribution is 0.0953. The number of benzene rings is 2. The minimum Gasteiger partial charge on any atom is -0.352 e. The van der Waals surface area contributed by atoms with Crippen LogP contribution in [0.1, 0.15) is 21.5 Å². The molecule has 3 rings (SSSR count). The standard InChI is InChI=1S/C19H16F2N2O2/c1-11-3-2-4-12-9-14(19(25)23-17(11)12)7-8-22-18(24)13-5-6-15(20)16(21)10-13/h2-6,9-10H,7-8H2,1H3,(H,22,24)(H,23,25). The molecule has 0 fully saturated rings. The molecule has 0 spiro atoms. The molecule has 2 N–H and O–H groups in total. The van der Waals surface area contributed by atoms with Gasteiger partial charge in [0.25, 0.3) is 11.5 Å². The van der Waals surface area contributed by atoms with Gasteiger partial charge in [-0.3, -0.25) is 9.59 Å². The summed E-state index contributed by atoms with van der Waals surface area (Å²) in [5.41, 5.74) is 2.14. The van der Waals surface area contributed by atoms with E-state index in [2.05, 4.69) is 10.3 Å². The highest BCUT2D eigenvalue weighted by Gasteiger charge is 2.10.